The zero-order chi connectivity index (χ0) is 28.2. The smallest absolute Gasteiger partial charge is 0.326 e. The van der Waals surface area contributed by atoms with E-state index in [9.17, 15) is 34.2 Å². The van der Waals surface area contributed by atoms with E-state index in [-0.39, 0.29) is 24.3 Å². The number of carbonyl (C=O) groups excluding carboxylic acids is 4. The van der Waals surface area contributed by atoms with Gasteiger partial charge in [0, 0.05) is 12.2 Å². The topological polar surface area (TPSA) is 214 Å². The molecule has 4 atom stereocenters. The highest BCUT2D eigenvalue weighted by Gasteiger charge is 2.30. The van der Waals surface area contributed by atoms with E-state index in [0.29, 0.717) is 5.56 Å². The van der Waals surface area contributed by atoms with Crippen molar-refractivity contribution in [3.8, 4) is 5.75 Å². The summed E-state index contributed by atoms with van der Waals surface area (Å²) < 4.78 is 0. The van der Waals surface area contributed by atoms with E-state index >= 15 is 0 Å². The number of carboxylic acid groups (broad SMARTS) is 1. The molecule has 9 N–H and O–H groups in total. The van der Waals surface area contributed by atoms with Gasteiger partial charge in [-0.15, -0.1) is 0 Å². The lowest BCUT2D eigenvalue weighted by Gasteiger charge is -2.24. The molecule has 0 aliphatic rings. The van der Waals surface area contributed by atoms with Gasteiger partial charge in [0.05, 0.1) is 12.5 Å². The van der Waals surface area contributed by atoms with E-state index in [1.807, 2.05) is 30.3 Å². The molecule has 0 aliphatic heterocycles. The van der Waals surface area contributed by atoms with Crippen LogP contribution in [0.4, 0.5) is 0 Å². The summed E-state index contributed by atoms with van der Waals surface area (Å²) in [5.74, 6) is -4.83. The fourth-order valence-electron chi connectivity index (χ4n) is 3.46. The van der Waals surface area contributed by atoms with Gasteiger partial charge in [0.2, 0.25) is 23.6 Å². The Morgan fingerprint density at radius 3 is 1.84 bits per heavy atom. The van der Waals surface area contributed by atoms with Gasteiger partial charge in [-0.05, 0) is 29.7 Å². The Hall–Kier alpha value is -4.10. The monoisotopic (exact) mass is 545 g/mol. The molecule has 4 amide bonds. The minimum Gasteiger partial charge on any atom is -0.508 e. The summed E-state index contributed by atoms with van der Waals surface area (Å²) in [5.41, 5.74) is 12.4. The number of carboxylic acids is 1. The molecule has 4 unspecified atom stereocenters. The van der Waals surface area contributed by atoms with Gasteiger partial charge < -0.3 is 37.6 Å². The minimum atomic E-state index is -1.62. The summed E-state index contributed by atoms with van der Waals surface area (Å²) in [6, 6.07) is 9.81. The first-order valence-corrected chi connectivity index (χ1v) is 12.2. The van der Waals surface area contributed by atoms with Crippen molar-refractivity contribution in [3.63, 3.8) is 0 Å². The molecular weight excluding hydrogens is 514 g/mol. The number of aromatic hydroxyl groups is 1. The molecule has 0 bridgehead atoms. The normalized spacial score (nSPS) is 13.8. The zero-order valence-electron chi connectivity index (χ0n) is 20.4. The second-order valence-electron chi connectivity index (χ2n) is 8.54. The first kappa shape index (κ1) is 30.1. The second-order valence-corrected chi connectivity index (χ2v) is 8.91. The van der Waals surface area contributed by atoms with Crippen molar-refractivity contribution < 1.29 is 34.2 Å². The van der Waals surface area contributed by atoms with Crippen molar-refractivity contribution in [2.24, 2.45) is 11.5 Å². The van der Waals surface area contributed by atoms with Crippen LogP contribution in [0.15, 0.2) is 54.6 Å². The Kier molecular flexibility index (Phi) is 11.6. The highest BCUT2D eigenvalue weighted by molar-refractivity contribution is 7.80. The van der Waals surface area contributed by atoms with Crippen LogP contribution < -0.4 is 27.4 Å². The second kappa shape index (κ2) is 14.6. The first-order chi connectivity index (χ1) is 18.0. The van der Waals surface area contributed by atoms with Crippen LogP contribution in [0, 0.1) is 0 Å². The maximum Gasteiger partial charge on any atom is 0.326 e. The molecule has 0 saturated heterocycles. The van der Waals surface area contributed by atoms with E-state index < -0.39 is 60.2 Å². The van der Waals surface area contributed by atoms with Crippen molar-refractivity contribution in [2.75, 3.05) is 5.75 Å². The van der Waals surface area contributed by atoms with Crippen molar-refractivity contribution in [1.29, 1.82) is 0 Å². The number of carbonyl (C=O) groups is 5. The number of thiol groups is 1. The number of nitrogens with one attached hydrogen (secondary N) is 3. The molecule has 0 fully saturated rings. The molecule has 38 heavy (non-hydrogen) atoms. The number of hydrogen-bond donors (Lipinski definition) is 8. The lowest BCUT2D eigenvalue weighted by atomic mass is 10.0. The van der Waals surface area contributed by atoms with Gasteiger partial charge in [0.15, 0.2) is 0 Å². The number of nitrogens with two attached hydrogens (primary N) is 2. The number of rotatable bonds is 14. The van der Waals surface area contributed by atoms with Gasteiger partial charge in [0.25, 0.3) is 0 Å². The number of hydrogen-bond acceptors (Lipinski definition) is 8. The standard InChI is InChI=1S/C25H31N5O7S/c26-17(10-14-4-2-1-3-5-14)22(33)30-20(13-38)24(35)28-18(11-15-6-8-16(31)9-7-15)23(34)29-19(25(36)37)12-21(27)32/h1-9,17-20,31,38H,10-13,26H2,(H2,27,32)(H,28,35)(H,29,34)(H,30,33)(H,36,37). The average Bonchev–Trinajstić information content (AvgIpc) is 2.87. The maximum absolute atomic E-state index is 13.0. The van der Waals surface area contributed by atoms with Crippen LogP contribution in [0.3, 0.4) is 0 Å². The van der Waals surface area contributed by atoms with Crippen molar-refractivity contribution in [1.82, 2.24) is 16.0 Å². The third kappa shape index (κ3) is 9.75. The van der Waals surface area contributed by atoms with Crippen LogP contribution in [0.25, 0.3) is 0 Å². The van der Waals surface area contributed by atoms with Crippen molar-refractivity contribution in [3.05, 3.63) is 65.7 Å². The van der Waals surface area contributed by atoms with Crippen LogP contribution in [-0.4, -0.2) is 69.7 Å². The zero-order valence-corrected chi connectivity index (χ0v) is 21.3. The summed E-state index contributed by atoms with van der Waals surface area (Å²) in [4.78, 5) is 61.3. The molecule has 2 aromatic rings. The quantitative estimate of drug-likeness (QED) is 0.135. The van der Waals surface area contributed by atoms with Gasteiger partial charge in [-0.1, -0.05) is 42.5 Å². The molecule has 0 spiro atoms. The van der Waals surface area contributed by atoms with Crippen LogP contribution in [0.1, 0.15) is 17.5 Å². The molecule has 13 heteroatoms. The average molecular weight is 546 g/mol. The van der Waals surface area contributed by atoms with Crippen LogP contribution >= 0.6 is 12.6 Å². The summed E-state index contributed by atoms with van der Waals surface area (Å²) in [7, 11) is 0. The molecule has 0 aromatic heterocycles. The van der Waals surface area contributed by atoms with Gasteiger partial charge in [0.1, 0.15) is 23.9 Å². The lowest BCUT2D eigenvalue weighted by molar-refractivity contribution is -0.143. The highest BCUT2D eigenvalue weighted by Crippen LogP contribution is 2.12. The number of aliphatic carboxylic acids is 1. The molecule has 0 aliphatic carbocycles. The minimum absolute atomic E-state index is 0.0177. The predicted octanol–water partition coefficient (Wildman–Crippen LogP) is -1.15. The maximum atomic E-state index is 13.0. The molecule has 12 nitrogen and oxygen atoms in total. The summed E-state index contributed by atoms with van der Waals surface area (Å²) in [6.07, 6.45) is -0.521. The van der Waals surface area contributed by atoms with E-state index in [1.165, 1.54) is 24.3 Å². The number of phenols is 1. The Labute approximate surface area is 224 Å². The van der Waals surface area contributed by atoms with E-state index in [2.05, 4.69) is 28.6 Å². The van der Waals surface area contributed by atoms with E-state index in [1.54, 1.807) is 0 Å². The molecule has 0 radical (unpaired) electrons. The van der Waals surface area contributed by atoms with Crippen molar-refractivity contribution in [2.45, 2.75) is 43.4 Å². The Morgan fingerprint density at radius 2 is 1.29 bits per heavy atom. The number of amides is 4. The van der Waals surface area contributed by atoms with Gasteiger partial charge in [-0.25, -0.2) is 4.79 Å². The summed E-state index contributed by atoms with van der Waals surface area (Å²) in [6.45, 7) is 0. The molecular formula is C25H31N5O7S. The molecule has 2 rings (SSSR count). The molecule has 2 aromatic carbocycles. The van der Waals surface area contributed by atoms with Gasteiger partial charge in [-0.3, -0.25) is 19.2 Å². The highest BCUT2D eigenvalue weighted by atomic mass is 32.1. The Bertz CT molecular complexity index is 1130. The first-order valence-electron chi connectivity index (χ1n) is 11.6. The van der Waals surface area contributed by atoms with E-state index in [4.69, 9.17) is 11.5 Å². The van der Waals surface area contributed by atoms with E-state index in [0.717, 1.165) is 5.56 Å². The molecule has 204 valence electrons. The van der Waals surface area contributed by atoms with Crippen LogP contribution in [0.2, 0.25) is 0 Å². The van der Waals surface area contributed by atoms with Crippen LogP contribution in [-0.2, 0) is 36.8 Å². The third-order valence-electron chi connectivity index (χ3n) is 5.48. The fraction of sp³-hybridized carbons (Fsp3) is 0.320. The van der Waals surface area contributed by atoms with Crippen molar-refractivity contribution >= 4 is 42.2 Å². The Morgan fingerprint density at radius 1 is 0.763 bits per heavy atom. The largest absolute Gasteiger partial charge is 0.508 e. The fourth-order valence-corrected chi connectivity index (χ4v) is 3.71. The third-order valence-corrected chi connectivity index (χ3v) is 5.84. The van der Waals surface area contributed by atoms with Gasteiger partial charge >= 0.3 is 5.97 Å². The SMILES string of the molecule is NC(=O)CC(NC(=O)C(Cc1ccc(O)cc1)NC(=O)C(CS)NC(=O)C(N)Cc1ccccc1)C(=O)O. The number of benzene rings is 2. The van der Waals surface area contributed by atoms with Gasteiger partial charge in [-0.2, -0.15) is 12.6 Å². The summed E-state index contributed by atoms with van der Waals surface area (Å²) >= 11 is 4.13. The molecule has 0 heterocycles. The molecule has 0 saturated carbocycles. The lowest BCUT2D eigenvalue weighted by Crippen LogP contribution is -2.58. The summed E-state index contributed by atoms with van der Waals surface area (Å²) in [5, 5.41) is 26.1. The predicted molar refractivity (Wildman–Crippen MR) is 141 cm³/mol. The van der Waals surface area contributed by atoms with Crippen LogP contribution in [0.5, 0.6) is 5.75 Å². The number of primary amides is 1. The number of phenolic OH excluding ortho intramolecular Hbond substituents is 1. The Balaban J connectivity index is 2.15.